The quantitative estimate of drug-likeness (QED) is 0.679. The molecule has 0 saturated heterocycles. The Morgan fingerprint density at radius 2 is 2.00 bits per heavy atom. The topological polar surface area (TPSA) is 29.1 Å². The molecule has 2 rings (SSSR count). The summed E-state index contributed by atoms with van der Waals surface area (Å²) in [4.78, 5) is 12.0. The molecule has 0 aliphatic rings. The first-order valence-electron chi connectivity index (χ1n) is 5.54. The lowest BCUT2D eigenvalue weighted by molar-refractivity contribution is 0.0951. The molecule has 0 aliphatic heterocycles. The van der Waals surface area contributed by atoms with Crippen molar-refractivity contribution < 1.29 is 4.79 Å². The lowest BCUT2D eigenvalue weighted by Crippen LogP contribution is -2.22. The van der Waals surface area contributed by atoms with Gasteiger partial charge in [0.25, 0.3) is 5.91 Å². The van der Waals surface area contributed by atoms with Gasteiger partial charge in [-0.05, 0) is 52.4 Å². The predicted molar refractivity (Wildman–Crippen MR) is 89.5 cm³/mol. The fraction of sp³-hybridized carbons (Fsp3) is 0.0714. The molecular formula is C14H10BrClINO. The van der Waals surface area contributed by atoms with Gasteiger partial charge in [-0.15, -0.1) is 0 Å². The highest BCUT2D eigenvalue weighted by atomic mass is 127. The number of carbonyl (C=O) groups is 1. The van der Waals surface area contributed by atoms with Crippen LogP contribution in [0.15, 0.2) is 46.9 Å². The summed E-state index contributed by atoms with van der Waals surface area (Å²) in [6.45, 7) is 0.476. The van der Waals surface area contributed by atoms with Crippen LogP contribution in [0.5, 0.6) is 0 Å². The first kappa shape index (κ1) is 14.8. The normalized spacial score (nSPS) is 10.3. The van der Waals surface area contributed by atoms with Crippen LogP contribution in [-0.2, 0) is 6.54 Å². The average Bonchev–Trinajstić information content (AvgIpc) is 2.40. The number of hydrogen-bond acceptors (Lipinski definition) is 1. The number of benzene rings is 2. The molecule has 5 heteroatoms. The molecule has 2 aromatic carbocycles. The Balaban J connectivity index is 2.05. The van der Waals surface area contributed by atoms with Gasteiger partial charge in [-0.3, -0.25) is 4.79 Å². The van der Waals surface area contributed by atoms with Crippen molar-refractivity contribution in [2.75, 3.05) is 0 Å². The molecule has 98 valence electrons. The summed E-state index contributed by atoms with van der Waals surface area (Å²) >= 11 is 11.6. The minimum Gasteiger partial charge on any atom is -0.348 e. The highest BCUT2D eigenvalue weighted by Gasteiger charge is 2.08. The highest BCUT2D eigenvalue weighted by molar-refractivity contribution is 14.1. The monoisotopic (exact) mass is 449 g/mol. The molecule has 2 nitrogen and oxygen atoms in total. The molecule has 0 bridgehead atoms. The maximum Gasteiger partial charge on any atom is 0.251 e. The van der Waals surface area contributed by atoms with E-state index in [1.807, 2.05) is 30.3 Å². The number of carbonyl (C=O) groups excluding carboxylic acids is 1. The van der Waals surface area contributed by atoms with E-state index in [1.54, 1.807) is 12.1 Å². The van der Waals surface area contributed by atoms with Crippen molar-refractivity contribution in [3.05, 3.63) is 66.7 Å². The van der Waals surface area contributed by atoms with Crippen molar-refractivity contribution in [2.24, 2.45) is 0 Å². The predicted octanol–water partition coefficient (Wildman–Crippen LogP) is 4.64. The van der Waals surface area contributed by atoms with E-state index in [9.17, 15) is 4.79 Å². The molecule has 0 radical (unpaired) electrons. The van der Waals surface area contributed by atoms with Crippen molar-refractivity contribution in [3.8, 4) is 0 Å². The zero-order chi connectivity index (χ0) is 13.8. The van der Waals surface area contributed by atoms with E-state index >= 15 is 0 Å². The van der Waals surface area contributed by atoms with E-state index in [0.29, 0.717) is 17.1 Å². The van der Waals surface area contributed by atoms with Crippen molar-refractivity contribution in [2.45, 2.75) is 6.54 Å². The second-order valence-electron chi connectivity index (χ2n) is 3.90. The van der Waals surface area contributed by atoms with E-state index in [2.05, 4.69) is 43.8 Å². The van der Waals surface area contributed by atoms with E-state index in [4.69, 9.17) is 11.6 Å². The van der Waals surface area contributed by atoms with Crippen molar-refractivity contribution in [1.29, 1.82) is 0 Å². The van der Waals surface area contributed by atoms with Crippen LogP contribution in [0.3, 0.4) is 0 Å². The fourth-order valence-electron chi connectivity index (χ4n) is 1.56. The molecule has 19 heavy (non-hydrogen) atoms. The van der Waals surface area contributed by atoms with Crippen LogP contribution in [-0.4, -0.2) is 5.91 Å². The van der Waals surface area contributed by atoms with Crippen LogP contribution in [0.1, 0.15) is 15.9 Å². The SMILES string of the molecule is O=C(NCc1ccccc1Br)c1ccc(I)c(Cl)c1. The molecule has 0 aromatic heterocycles. The summed E-state index contributed by atoms with van der Waals surface area (Å²) in [5.41, 5.74) is 1.60. The number of hydrogen-bond donors (Lipinski definition) is 1. The minimum atomic E-state index is -0.131. The van der Waals surface area contributed by atoms with Gasteiger partial charge in [0, 0.05) is 20.2 Å². The lowest BCUT2D eigenvalue weighted by Gasteiger charge is -2.07. The molecule has 0 saturated carbocycles. The first-order valence-corrected chi connectivity index (χ1v) is 7.79. The van der Waals surface area contributed by atoms with Gasteiger partial charge in [-0.25, -0.2) is 0 Å². The largest absolute Gasteiger partial charge is 0.348 e. The molecule has 0 atom stereocenters. The Bertz CT molecular complexity index is 618. The van der Waals surface area contributed by atoms with Crippen LogP contribution < -0.4 is 5.32 Å². The number of halogens is 3. The summed E-state index contributed by atoms with van der Waals surface area (Å²) < 4.78 is 1.91. The van der Waals surface area contributed by atoms with Crippen LogP contribution in [0.4, 0.5) is 0 Å². The fourth-order valence-corrected chi connectivity index (χ4v) is 2.50. The van der Waals surface area contributed by atoms with Gasteiger partial charge in [0.05, 0.1) is 5.02 Å². The zero-order valence-electron chi connectivity index (χ0n) is 9.79. The Labute approximate surface area is 138 Å². The molecular weight excluding hydrogens is 440 g/mol. The second-order valence-corrected chi connectivity index (χ2v) is 6.33. The zero-order valence-corrected chi connectivity index (χ0v) is 14.3. The molecule has 1 N–H and O–H groups in total. The Hall–Kier alpha value is -0.590. The highest BCUT2D eigenvalue weighted by Crippen LogP contribution is 2.20. The van der Waals surface area contributed by atoms with E-state index in [1.165, 1.54) is 0 Å². The van der Waals surface area contributed by atoms with Crippen LogP contribution in [0.2, 0.25) is 5.02 Å². The van der Waals surface area contributed by atoms with Gasteiger partial charge in [0.2, 0.25) is 0 Å². The van der Waals surface area contributed by atoms with Gasteiger partial charge in [0.15, 0.2) is 0 Å². The van der Waals surface area contributed by atoms with Gasteiger partial charge in [-0.1, -0.05) is 45.7 Å². The summed E-state index contributed by atoms with van der Waals surface area (Å²) in [6, 6.07) is 13.1. The summed E-state index contributed by atoms with van der Waals surface area (Å²) in [5, 5.41) is 3.46. The summed E-state index contributed by atoms with van der Waals surface area (Å²) in [6.07, 6.45) is 0. The molecule has 0 aliphatic carbocycles. The molecule has 0 spiro atoms. The standard InChI is InChI=1S/C14H10BrClINO/c15-11-4-2-1-3-10(11)8-18-14(19)9-5-6-13(17)12(16)7-9/h1-7H,8H2,(H,18,19). The molecule has 0 fully saturated rings. The third kappa shape index (κ3) is 3.94. The molecule has 2 aromatic rings. The summed E-state index contributed by atoms with van der Waals surface area (Å²) in [5.74, 6) is -0.131. The third-order valence-corrected chi connectivity index (χ3v) is 4.92. The van der Waals surface area contributed by atoms with E-state index in [-0.39, 0.29) is 5.91 Å². The van der Waals surface area contributed by atoms with Gasteiger partial charge in [0.1, 0.15) is 0 Å². The first-order chi connectivity index (χ1) is 9.08. The van der Waals surface area contributed by atoms with Gasteiger partial charge >= 0.3 is 0 Å². The molecule has 1 amide bonds. The molecule has 0 unspecified atom stereocenters. The van der Waals surface area contributed by atoms with E-state index in [0.717, 1.165) is 13.6 Å². The van der Waals surface area contributed by atoms with Gasteiger partial charge in [-0.2, -0.15) is 0 Å². The lowest BCUT2D eigenvalue weighted by atomic mass is 10.2. The third-order valence-electron chi connectivity index (χ3n) is 2.58. The van der Waals surface area contributed by atoms with Gasteiger partial charge < -0.3 is 5.32 Å². The van der Waals surface area contributed by atoms with Crippen molar-refractivity contribution in [1.82, 2.24) is 5.32 Å². The summed E-state index contributed by atoms with van der Waals surface area (Å²) in [7, 11) is 0. The Kier molecular flexibility index (Phi) is 5.24. The average molecular weight is 451 g/mol. The van der Waals surface area contributed by atoms with E-state index < -0.39 is 0 Å². The Morgan fingerprint density at radius 1 is 1.26 bits per heavy atom. The number of rotatable bonds is 3. The maximum atomic E-state index is 12.0. The molecule has 0 heterocycles. The van der Waals surface area contributed by atoms with Crippen molar-refractivity contribution >= 4 is 56.0 Å². The van der Waals surface area contributed by atoms with Crippen LogP contribution in [0.25, 0.3) is 0 Å². The Morgan fingerprint density at radius 3 is 2.68 bits per heavy atom. The minimum absolute atomic E-state index is 0.131. The van der Waals surface area contributed by atoms with Crippen LogP contribution >= 0.6 is 50.1 Å². The maximum absolute atomic E-state index is 12.0. The number of nitrogens with one attached hydrogen (secondary N) is 1. The smallest absolute Gasteiger partial charge is 0.251 e. The van der Waals surface area contributed by atoms with Crippen molar-refractivity contribution in [3.63, 3.8) is 0 Å². The second kappa shape index (κ2) is 6.72. The van der Waals surface area contributed by atoms with Crippen LogP contribution in [0, 0.1) is 3.57 Å². The number of amides is 1.